The lowest BCUT2D eigenvalue weighted by Crippen LogP contribution is -2.47. The van der Waals surface area contributed by atoms with Crippen LogP contribution in [0.15, 0.2) is 41.7 Å². The number of carbonyl (C=O) groups is 3. The van der Waals surface area contributed by atoms with Gasteiger partial charge in [0.15, 0.2) is 5.76 Å². The van der Waals surface area contributed by atoms with Crippen molar-refractivity contribution in [3.05, 3.63) is 47.2 Å². The molecule has 1 aliphatic carbocycles. The van der Waals surface area contributed by atoms with E-state index >= 15 is 0 Å². The largest absolute Gasteiger partial charge is 0.503 e. The summed E-state index contributed by atoms with van der Waals surface area (Å²) in [7, 11) is 0. The van der Waals surface area contributed by atoms with Gasteiger partial charge in [-0.3, -0.25) is 9.59 Å². The molecule has 2 fully saturated rings. The number of hydrogen-bond donors (Lipinski definition) is 3. The predicted molar refractivity (Wildman–Crippen MR) is 114 cm³/mol. The van der Waals surface area contributed by atoms with Crippen LogP contribution in [0, 0.1) is 0 Å². The summed E-state index contributed by atoms with van der Waals surface area (Å²) in [5, 5.41) is 22.4. The van der Waals surface area contributed by atoms with E-state index in [2.05, 4.69) is 17.4 Å². The zero-order valence-corrected chi connectivity index (χ0v) is 17.5. The third-order valence-corrected chi connectivity index (χ3v) is 6.86. The van der Waals surface area contributed by atoms with Gasteiger partial charge in [-0.1, -0.05) is 30.3 Å². The van der Waals surface area contributed by atoms with E-state index in [1.807, 2.05) is 18.2 Å². The summed E-state index contributed by atoms with van der Waals surface area (Å²) < 4.78 is 0. The Morgan fingerprint density at radius 2 is 1.61 bits per heavy atom. The minimum absolute atomic E-state index is 0.0377. The van der Waals surface area contributed by atoms with Gasteiger partial charge in [-0.25, -0.2) is 4.79 Å². The second kappa shape index (κ2) is 8.99. The molecule has 3 N–H and O–H groups in total. The van der Waals surface area contributed by atoms with Crippen molar-refractivity contribution in [1.29, 1.82) is 0 Å². The monoisotopic (exact) mass is 427 g/mol. The Bertz CT molecular complexity index is 868. The number of likely N-dealkylation sites (tertiary alicyclic amines) is 1. The standard InChI is InChI=1S/C23H29N3O5/c27-20-19(14-26(22(20)29)18-10-12-25(13-11-18)23(30)31)21(28)24-17-8-6-16(7-9-17)15-4-2-1-3-5-15/h1-5,16-18,27H,6-14H2,(H,24,28)(H,30,31)/t16-,17+. The quantitative estimate of drug-likeness (QED) is 0.684. The summed E-state index contributed by atoms with van der Waals surface area (Å²) in [6, 6.07) is 10.3. The van der Waals surface area contributed by atoms with Crippen LogP contribution in [-0.4, -0.2) is 69.6 Å². The molecule has 1 aromatic carbocycles. The first-order chi connectivity index (χ1) is 14.9. The van der Waals surface area contributed by atoms with E-state index in [9.17, 15) is 19.5 Å². The number of nitrogens with one attached hydrogen (secondary N) is 1. The van der Waals surface area contributed by atoms with E-state index in [4.69, 9.17) is 5.11 Å². The number of benzene rings is 1. The van der Waals surface area contributed by atoms with E-state index in [0.29, 0.717) is 31.8 Å². The zero-order chi connectivity index (χ0) is 22.0. The molecule has 8 heteroatoms. The molecule has 3 amide bonds. The smallest absolute Gasteiger partial charge is 0.407 e. The van der Waals surface area contributed by atoms with E-state index in [1.54, 1.807) is 0 Å². The Kier molecular flexibility index (Phi) is 6.15. The molecule has 1 saturated heterocycles. The lowest BCUT2D eigenvalue weighted by molar-refractivity contribution is -0.130. The summed E-state index contributed by atoms with van der Waals surface area (Å²) in [6.45, 7) is 0.765. The molecule has 2 aliphatic heterocycles. The molecule has 8 nitrogen and oxygen atoms in total. The topological polar surface area (TPSA) is 110 Å². The van der Waals surface area contributed by atoms with Crippen LogP contribution in [0.1, 0.15) is 50.0 Å². The van der Waals surface area contributed by atoms with E-state index in [0.717, 1.165) is 25.7 Å². The van der Waals surface area contributed by atoms with E-state index < -0.39 is 17.8 Å². The number of carboxylic acid groups (broad SMARTS) is 1. The SMILES string of the molecule is O=C(N[C@H]1CC[C@@H](c2ccccc2)CC1)C1=C(O)C(=O)N(C2CCN(C(=O)O)CC2)C1. The molecule has 0 aromatic heterocycles. The van der Waals surface area contributed by atoms with Gasteiger partial charge < -0.3 is 25.3 Å². The molecule has 31 heavy (non-hydrogen) atoms. The van der Waals surface area contributed by atoms with Crippen LogP contribution in [0.3, 0.4) is 0 Å². The highest BCUT2D eigenvalue weighted by molar-refractivity contribution is 6.07. The van der Waals surface area contributed by atoms with Gasteiger partial charge in [0.2, 0.25) is 0 Å². The maximum Gasteiger partial charge on any atom is 0.407 e. The van der Waals surface area contributed by atoms with Crippen molar-refractivity contribution in [2.45, 2.75) is 56.5 Å². The number of aliphatic hydroxyl groups excluding tert-OH is 1. The maximum atomic E-state index is 12.8. The van der Waals surface area contributed by atoms with Crippen molar-refractivity contribution in [2.24, 2.45) is 0 Å². The van der Waals surface area contributed by atoms with Gasteiger partial charge in [-0.15, -0.1) is 0 Å². The van der Waals surface area contributed by atoms with Crippen molar-refractivity contribution < 1.29 is 24.6 Å². The molecule has 0 atom stereocenters. The van der Waals surface area contributed by atoms with Gasteiger partial charge in [0, 0.05) is 25.2 Å². The summed E-state index contributed by atoms with van der Waals surface area (Å²) in [5.74, 6) is -0.885. The third kappa shape index (κ3) is 4.52. The highest BCUT2D eigenvalue weighted by Gasteiger charge is 2.39. The second-order valence-corrected chi connectivity index (χ2v) is 8.69. The van der Waals surface area contributed by atoms with Gasteiger partial charge in [0.05, 0.1) is 12.1 Å². The van der Waals surface area contributed by atoms with Crippen molar-refractivity contribution >= 4 is 17.9 Å². The molecule has 0 spiro atoms. The molecule has 4 rings (SSSR count). The van der Waals surface area contributed by atoms with Crippen LogP contribution in [0.5, 0.6) is 0 Å². The average Bonchev–Trinajstić information content (AvgIpc) is 3.09. The number of rotatable bonds is 4. The van der Waals surface area contributed by atoms with Crippen LogP contribution >= 0.6 is 0 Å². The fourth-order valence-electron chi connectivity index (χ4n) is 4.99. The lowest BCUT2D eigenvalue weighted by Gasteiger charge is -2.35. The molecular formula is C23H29N3O5. The maximum absolute atomic E-state index is 12.8. The van der Waals surface area contributed by atoms with Crippen molar-refractivity contribution in [1.82, 2.24) is 15.1 Å². The lowest BCUT2D eigenvalue weighted by atomic mass is 9.82. The molecule has 2 heterocycles. The van der Waals surface area contributed by atoms with Gasteiger partial charge in [0.1, 0.15) is 0 Å². The van der Waals surface area contributed by atoms with Gasteiger partial charge in [0.25, 0.3) is 11.8 Å². The van der Waals surface area contributed by atoms with Gasteiger partial charge >= 0.3 is 6.09 Å². The van der Waals surface area contributed by atoms with Crippen LogP contribution in [0.25, 0.3) is 0 Å². The molecule has 1 aromatic rings. The molecule has 0 radical (unpaired) electrons. The first-order valence-corrected chi connectivity index (χ1v) is 11.0. The number of piperidine rings is 1. The number of hydrogen-bond acceptors (Lipinski definition) is 4. The number of amides is 3. The first kappa shape index (κ1) is 21.2. The summed E-state index contributed by atoms with van der Waals surface area (Å²) in [5.41, 5.74) is 1.45. The molecule has 0 bridgehead atoms. The van der Waals surface area contributed by atoms with E-state index in [1.165, 1.54) is 15.4 Å². The van der Waals surface area contributed by atoms with Gasteiger partial charge in [-0.05, 0) is 50.0 Å². The Hall–Kier alpha value is -3.03. The average molecular weight is 428 g/mol. The van der Waals surface area contributed by atoms with Crippen molar-refractivity contribution in [3.63, 3.8) is 0 Å². The Balaban J connectivity index is 1.30. The molecule has 0 unspecified atom stereocenters. The minimum Gasteiger partial charge on any atom is -0.503 e. The summed E-state index contributed by atoms with van der Waals surface area (Å²) in [4.78, 5) is 39.2. The van der Waals surface area contributed by atoms with Gasteiger partial charge in [-0.2, -0.15) is 0 Å². The van der Waals surface area contributed by atoms with Crippen molar-refractivity contribution in [2.75, 3.05) is 19.6 Å². The van der Waals surface area contributed by atoms with Crippen LogP contribution in [0.4, 0.5) is 4.79 Å². The molecule has 3 aliphatic rings. The molecular weight excluding hydrogens is 398 g/mol. The second-order valence-electron chi connectivity index (χ2n) is 8.69. The summed E-state index contributed by atoms with van der Waals surface area (Å²) >= 11 is 0. The van der Waals surface area contributed by atoms with Crippen molar-refractivity contribution in [3.8, 4) is 0 Å². The molecule has 166 valence electrons. The number of aliphatic hydroxyl groups is 1. The minimum atomic E-state index is -0.964. The first-order valence-electron chi connectivity index (χ1n) is 11.0. The number of carbonyl (C=O) groups excluding carboxylic acids is 2. The Morgan fingerprint density at radius 1 is 0.968 bits per heavy atom. The summed E-state index contributed by atoms with van der Waals surface area (Å²) in [6.07, 6.45) is 3.76. The Labute approximate surface area is 181 Å². The zero-order valence-electron chi connectivity index (χ0n) is 17.5. The molecule has 1 saturated carbocycles. The van der Waals surface area contributed by atoms with E-state index in [-0.39, 0.29) is 30.1 Å². The fourth-order valence-corrected chi connectivity index (χ4v) is 4.99. The highest BCUT2D eigenvalue weighted by atomic mass is 16.4. The third-order valence-electron chi connectivity index (χ3n) is 6.86. The Morgan fingerprint density at radius 3 is 2.23 bits per heavy atom. The normalized spacial score (nSPS) is 25.1. The van der Waals surface area contributed by atoms with Crippen LogP contribution in [-0.2, 0) is 9.59 Å². The number of nitrogens with zero attached hydrogens (tertiary/aromatic N) is 2. The highest BCUT2D eigenvalue weighted by Crippen LogP contribution is 2.33. The van der Waals surface area contributed by atoms with Crippen LogP contribution in [0.2, 0.25) is 0 Å². The van der Waals surface area contributed by atoms with Crippen LogP contribution < -0.4 is 5.32 Å². The predicted octanol–water partition coefficient (Wildman–Crippen LogP) is 2.63. The fraction of sp³-hybridized carbons (Fsp3) is 0.522.